The average molecular weight is 748 g/mol. The summed E-state index contributed by atoms with van der Waals surface area (Å²) in [6.07, 6.45) is -1.66. The molecular weight excluding hydrogens is 704 g/mol. The summed E-state index contributed by atoms with van der Waals surface area (Å²) in [5.74, 6) is -1.40. The molecule has 278 valence electrons. The van der Waals surface area contributed by atoms with Gasteiger partial charge in [0, 0.05) is 18.0 Å². The second kappa shape index (κ2) is 13.0. The molecule has 6 unspecified atom stereocenters. The number of ketones is 2. The van der Waals surface area contributed by atoms with E-state index in [1.807, 2.05) is 0 Å². The number of carbonyl (C=O) groups excluding carboxylic acids is 2. The number of aliphatic hydroxyl groups is 4. The minimum Gasteiger partial charge on any atom is -0.393 e. The quantitative estimate of drug-likeness (QED) is 0.160. The Kier molecular flexibility index (Phi) is 9.80. The van der Waals surface area contributed by atoms with Gasteiger partial charge in [-0.2, -0.15) is 9.29 Å². The molecular formula is C30H43N3O15P2. The second-order valence-corrected chi connectivity index (χ2v) is 17.6. The molecule has 20 heteroatoms. The van der Waals surface area contributed by atoms with E-state index < -0.39 is 82.0 Å². The van der Waals surface area contributed by atoms with Crippen molar-refractivity contribution in [2.24, 2.45) is 28.6 Å². The van der Waals surface area contributed by atoms with Crippen LogP contribution in [0.2, 0.25) is 0 Å². The molecule has 5 aliphatic rings. The summed E-state index contributed by atoms with van der Waals surface area (Å²) in [4.78, 5) is 61.7. The number of Topliss-reactive ketones (excluding diaryl/α,β-unsaturated/α-hetero) is 1. The van der Waals surface area contributed by atoms with Crippen molar-refractivity contribution >= 4 is 33.0 Å². The summed E-state index contributed by atoms with van der Waals surface area (Å²) < 4.78 is 45.2. The number of aliphatic hydroxyl groups excluding tert-OH is 3. The molecule has 0 amide bonds. The van der Waals surface area contributed by atoms with Crippen LogP contribution in [0.15, 0.2) is 28.7 Å². The Labute approximate surface area is 286 Å². The maximum atomic E-state index is 13.5. The molecule has 1 aliphatic heterocycles. The van der Waals surface area contributed by atoms with E-state index >= 15 is 0 Å². The van der Waals surface area contributed by atoms with Gasteiger partial charge in [-0.05, 0) is 73.8 Å². The largest absolute Gasteiger partial charge is 0.481 e. The van der Waals surface area contributed by atoms with Crippen molar-refractivity contribution in [2.45, 2.75) is 95.0 Å². The molecule has 4 fully saturated rings. The van der Waals surface area contributed by atoms with Gasteiger partial charge in [0.1, 0.15) is 36.3 Å². The first-order chi connectivity index (χ1) is 23.2. The minimum atomic E-state index is -5.49. The molecule has 18 nitrogen and oxygen atoms in total. The molecule has 2 heterocycles. The molecule has 50 heavy (non-hydrogen) atoms. The number of nitrogens with zero attached hydrogens (tertiary/aromatic N) is 2. The first-order valence-electron chi connectivity index (χ1n) is 16.4. The van der Waals surface area contributed by atoms with E-state index in [1.54, 1.807) is 13.0 Å². The fourth-order valence-electron chi connectivity index (χ4n) is 9.47. The number of fused-ring (bicyclic) bond motifs is 5. The van der Waals surface area contributed by atoms with Crippen molar-refractivity contribution < 1.29 is 67.0 Å². The minimum absolute atomic E-state index is 0.00248. The predicted octanol–water partition coefficient (Wildman–Crippen LogP) is 0.498. The number of nitrogens with two attached hydrogens (primary N) is 1. The Hall–Kier alpha value is -2.18. The highest BCUT2D eigenvalue weighted by atomic mass is 31.3. The van der Waals surface area contributed by atoms with Crippen molar-refractivity contribution in [3.05, 3.63) is 34.4 Å². The number of carbonyl (C=O) groups is 2. The standard InChI is InChI=1S/C30H43N3O15P2/c1-28-8-5-16(34)11-15(28)3-4-17-18-6-9-30(40,29(18,2)12-19(35)23(17)28)21(36)14-46-50(43,44)48-49(41,42)45-13-20-24(37)25(38)26(47-20)33-10-7-22(31)32-27(33)39/h7,10-11,17-20,23-26,35,37-38,40H,3-6,8-9,12-14H2,1-2H3,(H,41,42)(H,43,44)(H2,31,32,39)/t17?,18?,19?,20-,23?,24-,25+,26-,28+,29+,30+/m1/s1. The monoisotopic (exact) mass is 747 g/mol. The van der Waals surface area contributed by atoms with Gasteiger partial charge >= 0.3 is 21.3 Å². The number of ether oxygens (including phenoxy) is 1. The molecule has 1 aromatic heterocycles. The molecule has 0 spiro atoms. The molecule has 0 aromatic carbocycles. The lowest BCUT2D eigenvalue weighted by atomic mass is 9.45. The van der Waals surface area contributed by atoms with E-state index in [0.29, 0.717) is 32.1 Å². The van der Waals surface area contributed by atoms with Crippen LogP contribution < -0.4 is 11.4 Å². The summed E-state index contributed by atoms with van der Waals surface area (Å²) in [6.45, 7) is 1.65. The van der Waals surface area contributed by atoms with Crippen LogP contribution in [0.4, 0.5) is 5.82 Å². The fraction of sp³-hybridized carbons (Fsp3) is 0.733. The highest BCUT2D eigenvalue weighted by Gasteiger charge is 2.68. The number of aromatic nitrogens is 2. The first kappa shape index (κ1) is 37.6. The van der Waals surface area contributed by atoms with E-state index in [-0.39, 0.29) is 47.6 Å². The summed E-state index contributed by atoms with van der Waals surface area (Å²) >= 11 is 0. The lowest BCUT2D eigenvalue weighted by molar-refractivity contribution is -0.182. The Morgan fingerprint density at radius 1 is 1.08 bits per heavy atom. The van der Waals surface area contributed by atoms with E-state index in [0.717, 1.165) is 16.3 Å². The van der Waals surface area contributed by atoms with Gasteiger partial charge < -0.3 is 40.7 Å². The molecule has 8 N–H and O–H groups in total. The van der Waals surface area contributed by atoms with Crippen molar-refractivity contribution in [1.29, 1.82) is 0 Å². The molecule has 0 radical (unpaired) electrons. The van der Waals surface area contributed by atoms with Crippen LogP contribution in [0.3, 0.4) is 0 Å². The highest BCUT2D eigenvalue weighted by Crippen LogP contribution is 2.68. The molecule has 1 aromatic rings. The summed E-state index contributed by atoms with van der Waals surface area (Å²) in [6, 6.07) is 1.23. The van der Waals surface area contributed by atoms with Crippen molar-refractivity contribution in [1.82, 2.24) is 9.55 Å². The summed E-state index contributed by atoms with van der Waals surface area (Å²) in [5.41, 5.74) is 2.00. The maximum Gasteiger partial charge on any atom is 0.481 e. The molecule has 0 bridgehead atoms. The summed E-state index contributed by atoms with van der Waals surface area (Å²) in [7, 11) is -10.9. The zero-order chi connectivity index (χ0) is 36.6. The zero-order valence-corrected chi connectivity index (χ0v) is 29.2. The number of hydrogen-bond donors (Lipinski definition) is 7. The van der Waals surface area contributed by atoms with Crippen LogP contribution in [-0.2, 0) is 36.8 Å². The number of rotatable bonds is 10. The van der Waals surface area contributed by atoms with Crippen LogP contribution in [0.5, 0.6) is 0 Å². The normalized spacial score (nSPS) is 42.1. The van der Waals surface area contributed by atoms with Gasteiger partial charge in [-0.1, -0.05) is 19.4 Å². The van der Waals surface area contributed by atoms with E-state index in [2.05, 4.69) is 16.2 Å². The Morgan fingerprint density at radius 3 is 2.48 bits per heavy atom. The molecule has 6 rings (SSSR count). The molecule has 4 aliphatic carbocycles. The average Bonchev–Trinajstić information content (AvgIpc) is 3.46. The van der Waals surface area contributed by atoms with E-state index in [4.69, 9.17) is 19.5 Å². The SMILES string of the molecule is C[C@]12CCC(=O)C=C1CCC1C2C(O)C[C@@]2(C)C1CC[C@]2(O)C(=O)COP(=O)(O)OP(=O)(O)OC[C@H]1O[C@@H](n2ccc(N)nc2=O)[C@@H](O)[C@@H]1O. The van der Waals surface area contributed by atoms with Gasteiger partial charge in [-0.25, -0.2) is 13.9 Å². The molecule has 13 atom stereocenters. The first-order valence-corrected chi connectivity index (χ1v) is 19.4. The van der Waals surface area contributed by atoms with Crippen LogP contribution >= 0.6 is 15.6 Å². The van der Waals surface area contributed by atoms with Crippen molar-refractivity contribution in [3.8, 4) is 0 Å². The number of nitrogen functional groups attached to an aromatic ring is 1. The van der Waals surface area contributed by atoms with E-state index in [9.17, 15) is 53.7 Å². The maximum absolute atomic E-state index is 13.5. The number of anilines is 1. The van der Waals surface area contributed by atoms with Gasteiger partial charge in [0.2, 0.25) is 0 Å². The predicted molar refractivity (Wildman–Crippen MR) is 170 cm³/mol. The van der Waals surface area contributed by atoms with Crippen LogP contribution in [0.1, 0.15) is 65.0 Å². The third kappa shape index (κ3) is 6.41. The number of phosphoric acid groups is 2. The molecule has 1 saturated heterocycles. The van der Waals surface area contributed by atoms with Gasteiger partial charge in [-0.15, -0.1) is 0 Å². The second-order valence-electron chi connectivity index (χ2n) is 14.6. The molecule has 3 saturated carbocycles. The Bertz CT molecular complexity index is 1740. The number of hydrogen-bond acceptors (Lipinski definition) is 15. The lowest BCUT2D eigenvalue weighted by Crippen LogP contribution is -2.62. The third-order valence-electron chi connectivity index (χ3n) is 11.9. The van der Waals surface area contributed by atoms with Crippen molar-refractivity contribution in [2.75, 3.05) is 18.9 Å². The number of phosphoric ester groups is 2. The van der Waals surface area contributed by atoms with Gasteiger partial charge in [0.25, 0.3) is 0 Å². The van der Waals surface area contributed by atoms with Crippen LogP contribution in [-0.4, -0.2) is 94.6 Å². The fourth-order valence-corrected chi connectivity index (χ4v) is 11.5. The zero-order valence-electron chi connectivity index (χ0n) is 27.4. The van der Waals surface area contributed by atoms with Gasteiger partial charge in [-0.3, -0.25) is 23.2 Å². The third-order valence-corrected chi connectivity index (χ3v) is 14.5. The van der Waals surface area contributed by atoms with Gasteiger partial charge in [0.05, 0.1) is 12.7 Å². The Morgan fingerprint density at radius 2 is 1.78 bits per heavy atom. The van der Waals surface area contributed by atoms with Crippen LogP contribution in [0, 0.1) is 28.6 Å². The van der Waals surface area contributed by atoms with Crippen LogP contribution in [0.25, 0.3) is 0 Å². The highest BCUT2D eigenvalue weighted by molar-refractivity contribution is 7.61. The smallest absolute Gasteiger partial charge is 0.393 e. The number of allylic oxidation sites excluding steroid dienone is 1. The van der Waals surface area contributed by atoms with E-state index in [1.165, 1.54) is 6.07 Å². The lowest BCUT2D eigenvalue weighted by Gasteiger charge is -2.60. The van der Waals surface area contributed by atoms with Gasteiger partial charge in [0.15, 0.2) is 17.8 Å². The topological polar surface area (TPSA) is 287 Å². The van der Waals surface area contributed by atoms with Crippen molar-refractivity contribution in [3.63, 3.8) is 0 Å². The summed E-state index contributed by atoms with van der Waals surface area (Å²) in [5, 5.41) is 44.1. The Balaban J connectivity index is 1.07.